The molecule has 1 heterocycles. The summed E-state index contributed by atoms with van der Waals surface area (Å²) >= 11 is 0. The molecule has 0 fully saturated rings. The molecule has 0 bridgehead atoms. The van der Waals surface area contributed by atoms with Crippen LogP contribution in [0.2, 0.25) is 0 Å². The monoisotopic (exact) mass is 476 g/mol. The van der Waals surface area contributed by atoms with E-state index in [1.54, 1.807) is 6.07 Å². The van der Waals surface area contributed by atoms with E-state index in [2.05, 4.69) is 20.0 Å². The van der Waals surface area contributed by atoms with E-state index in [0.717, 1.165) is 16.7 Å². The Bertz CT molecular complexity index is 1430. The lowest BCUT2D eigenvalue weighted by Crippen LogP contribution is -2.17. The number of hydrogen-bond acceptors (Lipinski definition) is 5. The number of amides is 1. The third-order valence-corrected chi connectivity index (χ3v) is 6.67. The first-order chi connectivity index (χ1) is 16.3. The van der Waals surface area contributed by atoms with Crippen molar-refractivity contribution in [2.45, 2.75) is 18.7 Å². The first-order valence-electron chi connectivity index (χ1n) is 10.5. The fourth-order valence-electron chi connectivity index (χ4n) is 3.51. The van der Waals surface area contributed by atoms with E-state index >= 15 is 0 Å². The molecule has 4 rings (SSSR count). The van der Waals surface area contributed by atoms with Crippen molar-refractivity contribution >= 4 is 27.3 Å². The number of para-hydroxylation sites is 1. The van der Waals surface area contributed by atoms with Crippen molar-refractivity contribution < 1.29 is 17.9 Å². The Morgan fingerprint density at radius 1 is 0.971 bits per heavy atom. The second-order valence-electron chi connectivity index (χ2n) is 7.70. The van der Waals surface area contributed by atoms with Crippen molar-refractivity contribution in [3.8, 4) is 17.1 Å². The van der Waals surface area contributed by atoms with E-state index in [4.69, 9.17) is 4.74 Å². The number of nitrogens with one attached hydrogen (secondary N) is 3. The van der Waals surface area contributed by atoms with Crippen LogP contribution in [0.25, 0.3) is 11.4 Å². The number of benzene rings is 3. The van der Waals surface area contributed by atoms with Crippen LogP contribution in [0.1, 0.15) is 21.6 Å². The second kappa shape index (κ2) is 9.40. The molecule has 4 aromatic rings. The van der Waals surface area contributed by atoms with E-state index in [1.807, 2.05) is 62.4 Å². The van der Waals surface area contributed by atoms with Crippen LogP contribution in [0.4, 0.5) is 11.4 Å². The normalized spacial score (nSPS) is 11.1. The largest absolute Gasteiger partial charge is 0.495 e. The molecule has 0 spiro atoms. The van der Waals surface area contributed by atoms with Crippen molar-refractivity contribution in [2.24, 2.45) is 0 Å². The van der Waals surface area contributed by atoms with Gasteiger partial charge in [0.2, 0.25) is 0 Å². The maximum Gasteiger partial charge on any atom is 0.273 e. The zero-order chi connectivity index (χ0) is 24.3. The van der Waals surface area contributed by atoms with E-state index < -0.39 is 15.9 Å². The number of aromatic amines is 1. The third-order valence-electron chi connectivity index (χ3n) is 5.30. The van der Waals surface area contributed by atoms with Gasteiger partial charge in [-0.2, -0.15) is 0 Å². The van der Waals surface area contributed by atoms with Crippen LogP contribution in [-0.2, 0) is 10.0 Å². The molecular weight excluding hydrogens is 452 g/mol. The number of carbonyl (C=O) groups excluding carboxylic acids is 1. The Morgan fingerprint density at radius 3 is 2.35 bits per heavy atom. The van der Waals surface area contributed by atoms with Crippen molar-refractivity contribution in [3.63, 3.8) is 0 Å². The van der Waals surface area contributed by atoms with Crippen molar-refractivity contribution in [3.05, 3.63) is 89.7 Å². The quantitative estimate of drug-likeness (QED) is 0.356. The molecule has 0 atom stereocenters. The number of methoxy groups -OCH3 is 1. The Hall–Kier alpha value is -4.11. The molecule has 1 aromatic heterocycles. The van der Waals surface area contributed by atoms with E-state index in [1.165, 1.54) is 25.4 Å². The summed E-state index contributed by atoms with van der Waals surface area (Å²) in [4.78, 5) is 19.9. The van der Waals surface area contributed by atoms with Gasteiger partial charge in [-0.3, -0.25) is 9.52 Å². The van der Waals surface area contributed by atoms with Gasteiger partial charge in [0.15, 0.2) is 0 Å². The van der Waals surface area contributed by atoms with Gasteiger partial charge in [0, 0.05) is 11.3 Å². The number of rotatable bonds is 7. The maximum absolute atomic E-state index is 13.2. The maximum atomic E-state index is 13.2. The van der Waals surface area contributed by atoms with Crippen LogP contribution >= 0.6 is 0 Å². The minimum atomic E-state index is -4.00. The van der Waals surface area contributed by atoms with Crippen LogP contribution in [0.3, 0.4) is 0 Å². The molecule has 0 aliphatic rings. The van der Waals surface area contributed by atoms with Gasteiger partial charge < -0.3 is 15.0 Å². The predicted octanol–water partition coefficient (Wildman–Crippen LogP) is 4.76. The lowest BCUT2D eigenvalue weighted by atomic mass is 10.1. The molecule has 0 aliphatic carbocycles. The van der Waals surface area contributed by atoms with Crippen molar-refractivity contribution in [2.75, 3.05) is 17.1 Å². The average molecular weight is 477 g/mol. The number of aryl methyl sites for hydroxylation is 2. The number of imidazole rings is 1. The lowest BCUT2D eigenvalue weighted by Gasteiger charge is -2.16. The number of nitrogens with zero attached hydrogens (tertiary/aromatic N) is 1. The minimum absolute atomic E-state index is 0.0926. The molecule has 174 valence electrons. The Kier molecular flexibility index (Phi) is 6.38. The summed E-state index contributed by atoms with van der Waals surface area (Å²) in [6.07, 6.45) is 1.43. The second-order valence-corrected chi connectivity index (χ2v) is 9.35. The highest BCUT2D eigenvalue weighted by Crippen LogP contribution is 2.31. The summed E-state index contributed by atoms with van der Waals surface area (Å²) in [6, 6.07) is 19.4. The number of aromatic nitrogens is 2. The molecule has 0 unspecified atom stereocenters. The van der Waals surface area contributed by atoms with Crippen LogP contribution in [0.5, 0.6) is 5.75 Å². The summed E-state index contributed by atoms with van der Waals surface area (Å²) < 4.78 is 34.4. The van der Waals surface area contributed by atoms with Gasteiger partial charge in [0.1, 0.15) is 22.2 Å². The molecule has 0 saturated heterocycles. The van der Waals surface area contributed by atoms with Gasteiger partial charge in [-0.15, -0.1) is 0 Å². The molecule has 0 radical (unpaired) electrons. The highest BCUT2D eigenvalue weighted by atomic mass is 32.2. The standard InChI is InChI=1S/C25H24N4O4S/c1-16-8-7-9-17(2)23(16)29-34(31,32)22-14-19(12-13-21(22)33-3)27-25(30)20-15-26-24(28-20)18-10-5-4-6-11-18/h4-15,29H,1-3H3,(H,26,28)(H,27,30). The van der Waals surface area contributed by atoms with Gasteiger partial charge in [-0.05, 0) is 43.2 Å². The van der Waals surface area contributed by atoms with E-state index in [9.17, 15) is 13.2 Å². The van der Waals surface area contributed by atoms with E-state index in [-0.39, 0.29) is 16.3 Å². The van der Waals surface area contributed by atoms with Crippen LogP contribution in [-0.4, -0.2) is 31.4 Å². The minimum Gasteiger partial charge on any atom is -0.495 e. The third kappa shape index (κ3) is 4.79. The lowest BCUT2D eigenvalue weighted by molar-refractivity contribution is 0.102. The topological polar surface area (TPSA) is 113 Å². The molecule has 8 nitrogen and oxygen atoms in total. The fraction of sp³-hybridized carbons (Fsp3) is 0.120. The number of ether oxygens (including phenoxy) is 1. The summed E-state index contributed by atoms with van der Waals surface area (Å²) in [6.45, 7) is 3.65. The number of hydrogen-bond donors (Lipinski definition) is 3. The van der Waals surface area contributed by atoms with E-state index in [0.29, 0.717) is 17.2 Å². The number of anilines is 2. The van der Waals surface area contributed by atoms with Crippen LogP contribution < -0.4 is 14.8 Å². The fourth-order valence-corrected chi connectivity index (χ4v) is 4.91. The predicted molar refractivity (Wildman–Crippen MR) is 132 cm³/mol. The number of H-pyrrole nitrogens is 1. The highest BCUT2D eigenvalue weighted by Gasteiger charge is 2.22. The molecule has 3 N–H and O–H groups in total. The summed E-state index contributed by atoms with van der Waals surface area (Å²) in [5.41, 5.74) is 3.47. The average Bonchev–Trinajstić information content (AvgIpc) is 3.33. The molecule has 9 heteroatoms. The molecule has 3 aromatic carbocycles. The first kappa shape index (κ1) is 23.1. The highest BCUT2D eigenvalue weighted by molar-refractivity contribution is 7.92. The van der Waals surface area contributed by atoms with Crippen molar-refractivity contribution in [1.82, 2.24) is 9.97 Å². The van der Waals surface area contributed by atoms with Gasteiger partial charge in [0.05, 0.1) is 19.0 Å². The van der Waals surface area contributed by atoms with Gasteiger partial charge in [-0.1, -0.05) is 48.5 Å². The summed E-state index contributed by atoms with van der Waals surface area (Å²) in [7, 11) is -2.61. The van der Waals surface area contributed by atoms with Gasteiger partial charge in [-0.25, -0.2) is 13.4 Å². The summed E-state index contributed by atoms with van der Waals surface area (Å²) in [5.74, 6) is 0.261. The molecule has 0 aliphatic heterocycles. The number of sulfonamides is 1. The Labute approximate surface area is 198 Å². The van der Waals surface area contributed by atoms with Crippen molar-refractivity contribution in [1.29, 1.82) is 0 Å². The summed E-state index contributed by atoms with van der Waals surface area (Å²) in [5, 5.41) is 2.72. The number of carbonyl (C=O) groups is 1. The Morgan fingerprint density at radius 2 is 1.68 bits per heavy atom. The first-order valence-corrected chi connectivity index (χ1v) is 12.0. The van der Waals surface area contributed by atoms with Gasteiger partial charge >= 0.3 is 0 Å². The Balaban J connectivity index is 1.60. The van der Waals surface area contributed by atoms with Crippen LogP contribution in [0.15, 0.2) is 77.8 Å². The van der Waals surface area contributed by atoms with Gasteiger partial charge in [0.25, 0.3) is 15.9 Å². The smallest absolute Gasteiger partial charge is 0.273 e. The zero-order valence-electron chi connectivity index (χ0n) is 18.9. The zero-order valence-corrected chi connectivity index (χ0v) is 19.7. The van der Waals surface area contributed by atoms with Crippen LogP contribution in [0, 0.1) is 13.8 Å². The SMILES string of the molecule is COc1ccc(NC(=O)c2cnc(-c3ccccc3)[nH]2)cc1S(=O)(=O)Nc1c(C)cccc1C. The molecular formula is C25H24N4O4S. The molecule has 0 saturated carbocycles. The molecule has 1 amide bonds. The molecule has 34 heavy (non-hydrogen) atoms.